The lowest BCUT2D eigenvalue weighted by atomic mass is 10.0. The number of aliphatic imine (C=N–C) groups is 1. The van der Waals surface area contributed by atoms with Crippen molar-refractivity contribution in [3.63, 3.8) is 0 Å². The summed E-state index contributed by atoms with van der Waals surface area (Å²) in [6.45, 7) is 2.61. The van der Waals surface area contributed by atoms with Crippen molar-refractivity contribution in [1.29, 1.82) is 0 Å². The predicted molar refractivity (Wildman–Crippen MR) is 119 cm³/mol. The van der Waals surface area contributed by atoms with Gasteiger partial charge in [-0.25, -0.2) is 14.4 Å². The molecule has 8 heteroatoms. The molecule has 1 unspecified atom stereocenters. The van der Waals surface area contributed by atoms with Gasteiger partial charge in [0.2, 0.25) is 5.96 Å². The largest absolute Gasteiger partial charge is 0.495 e. The Morgan fingerprint density at radius 1 is 1.22 bits per heavy atom. The average Bonchev–Trinajstić information content (AvgIpc) is 3.37. The number of imidazole rings is 1. The number of aromatic nitrogens is 2. The van der Waals surface area contributed by atoms with Crippen LogP contribution in [0.5, 0.6) is 5.75 Å². The summed E-state index contributed by atoms with van der Waals surface area (Å²) in [5.41, 5.74) is 3.79. The molecule has 5 rings (SSSR count). The van der Waals surface area contributed by atoms with Crippen molar-refractivity contribution < 1.29 is 13.9 Å². The standard InChI is InChI=1S/C24H22FN5O2/c1-15-13-29(14-27-15)21-8-3-16(12-22(21)32-2)11-19-23(31)30-20(9-10-26-24(30)28-19)17-4-6-18(25)7-5-17/h3-8,11-14,20H,9-10H2,1-2H3,(H,26,28)/b19-11-. The summed E-state index contributed by atoms with van der Waals surface area (Å²) in [6.07, 6.45) is 6.12. The van der Waals surface area contributed by atoms with E-state index in [1.165, 1.54) is 12.1 Å². The Balaban J connectivity index is 1.45. The van der Waals surface area contributed by atoms with E-state index in [4.69, 9.17) is 4.74 Å². The van der Waals surface area contributed by atoms with Gasteiger partial charge in [0, 0.05) is 12.7 Å². The van der Waals surface area contributed by atoms with Crippen molar-refractivity contribution in [3.8, 4) is 11.4 Å². The molecule has 32 heavy (non-hydrogen) atoms. The molecule has 1 amide bonds. The van der Waals surface area contributed by atoms with Crippen LogP contribution in [0.15, 0.2) is 65.7 Å². The Labute approximate surface area is 184 Å². The van der Waals surface area contributed by atoms with Gasteiger partial charge in [0.25, 0.3) is 5.91 Å². The lowest BCUT2D eigenvalue weighted by Crippen LogP contribution is -2.48. The fraction of sp³-hybridized carbons (Fsp3) is 0.208. The number of amides is 1. The number of nitrogens with zero attached hydrogens (tertiary/aromatic N) is 4. The summed E-state index contributed by atoms with van der Waals surface area (Å²) >= 11 is 0. The van der Waals surface area contributed by atoms with E-state index in [1.54, 1.807) is 36.5 Å². The summed E-state index contributed by atoms with van der Waals surface area (Å²) < 4.78 is 20.8. The monoisotopic (exact) mass is 431 g/mol. The van der Waals surface area contributed by atoms with Crippen LogP contribution in [0.1, 0.15) is 29.3 Å². The molecule has 0 aliphatic carbocycles. The number of fused-ring (bicyclic) bond motifs is 1. The molecule has 1 N–H and O–H groups in total. The van der Waals surface area contributed by atoms with Crippen molar-refractivity contribution >= 4 is 17.9 Å². The number of ether oxygens (including phenoxy) is 1. The minimum absolute atomic E-state index is 0.185. The van der Waals surface area contributed by atoms with Gasteiger partial charge >= 0.3 is 0 Å². The quantitative estimate of drug-likeness (QED) is 0.641. The second-order valence-corrected chi connectivity index (χ2v) is 7.78. The van der Waals surface area contributed by atoms with Gasteiger partial charge < -0.3 is 14.6 Å². The van der Waals surface area contributed by atoms with Crippen LogP contribution in [0.25, 0.3) is 11.8 Å². The molecule has 1 saturated heterocycles. The zero-order valence-corrected chi connectivity index (χ0v) is 17.7. The highest BCUT2D eigenvalue weighted by molar-refractivity contribution is 6.14. The molecule has 1 aromatic heterocycles. The smallest absolute Gasteiger partial charge is 0.279 e. The molecule has 1 fully saturated rings. The Morgan fingerprint density at radius 2 is 2.03 bits per heavy atom. The van der Waals surface area contributed by atoms with E-state index in [0.29, 0.717) is 24.0 Å². The van der Waals surface area contributed by atoms with Crippen LogP contribution in [0.3, 0.4) is 0 Å². The first kappa shape index (κ1) is 20.0. The molecule has 1 atom stereocenters. The molecule has 0 bridgehead atoms. The fourth-order valence-corrected chi connectivity index (χ4v) is 4.10. The van der Waals surface area contributed by atoms with Crippen LogP contribution in [-0.4, -0.2) is 40.0 Å². The number of aryl methyl sites for hydroxylation is 1. The topological polar surface area (TPSA) is 71.8 Å². The Hall–Kier alpha value is -3.94. The number of carbonyl (C=O) groups excluding carboxylic acids is 1. The van der Waals surface area contributed by atoms with E-state index in [2.05, 4.69) is 15.3 Å². The first-order valence-corrected chi connectivity index (χ1v) is 10.4. The Kier molecular flexibility index (Phi) is 4.97. The van der Waals surface area contributed by atoms with Gasteiger partial charge in [-0.2, -0.15) is 0 Å². The first-order valence-electron chi connectivity index (χ1n) is 10.4. The van der Waals surface area contributed by atoms with E-state index in [0.717, 1.165) is 28.9 Å². The average molecular weight is 431 g/mol. The summed E-state index contributed by atoms with van der Waals surface area (Å²) in [6, 6.07) is 11.8. The van der Waals surface area contributed by atoms with Crippen LogP contribution in [-0.2, 0) is 4.79 Å². The zero-order valence-electron chi connectivity index (χ0n) is 17.7. The fourth-order valence-electron chi connectivity index (χ4n) is 4.10. The second kappa shape index (κ2) is 7.96. The van der Waals surface area contributed by atoms with E-state index >= 15 is 0 Å². The molecular weight excluding hydrogens is 409 g/mol. The third-order valence-electron chi connectivity index (χ3n) is 5.66. The van der Waals surface area contributed by atoms with Gasteiger partial charge in [-0.05, 0) is 54.8 Å². The second-order valence-electron chi connectivity index (χ2n) is 7.78. The number of guanidine groups is 1. The molecule has 3 aromatic rings. The van der Waals surface area contributed by atoms with Crippen LogP contribution in [0.2, 0.25) is 0 Å². The molecule has 3 heterocycles. The summed E-state index contributed by atoms with van der Waals surface area (Å²) in [5, 5.41) is 3.20. The van der Waals surface area contributed by atoms with Crippen LogP contribution in [0, 0.1) is 12.7 Å². The number of carbonyl (C=O) groups is 1. The van der Waals surface area contributed by atoms with Gasteiger partial charge in [-0.3, -0.25) is 9.69 Å². The SMILES string of the molecule is COc1cc(/C=C2\N=C3NCCC(c4ccc(F)cc4)N3C2=O)ccc1-n1cnc(C)c1. The number of methoxy groups -OCH3 is 1. The number of hydrogen-bond donors (Lipinski definition) is 1. The van der Waals surface area contributed by atoms with E-state index in [-0.39, 0.29) is 17.8 Å². The number of halogens is 1. The van der Waals surface area contributed by atoms with E-state index in [1.807, 2.05) is 35.9 Å². The minimum atomic E-state index is -0.298. The number of hydrogen-bond acceptors (Lipinski definition) is 5. The molecule has 2 aliphatic rings. The predicted octanol–water partition coefficient (Wildman–Crippen LogP) is 3.60. The van der Waals surface area contributed by atoms with Crippen molar-refractivity contribution in [2.45, 2.75) is 19.4 Å². The van der Waals surface area contributed by atoms with Gasteiger partial charge in [0.05, 0.1) is 30.9 Å². The highest BCUT2D eigenvalue weighted by atomic mass is 19.1. The van der Waals surface area contributed by atoms with E-state index in [9.17, 15) is 9.18 Å². The highest BCUT2D eigenvalue weighted by Crippen LogP contribution is 2.33. The number of benzene rings is 2. The normalized spacial score (nSPS) is 19.0. The summed E-state index contributed by atoms with van der Waals surface area (Å²) in [5.74, 6) is 0.706. The summed E-state index contributed by atoms with van der Waals surface area (Å²) in [4.78, 5) is 23.7. The third-order valence-corrected chi connectivity index (χ3v) is 5.66. The van der Waals surface area contributed by atoms with Gasteiger partial charge in [0.1, 0.15) is 17.3 Å². The maximum Gasteiger partial charge on any atom is 0.279 e. The third kappa shape index (κ3) is 3.53. The van der Waals surface area contributed by atoms with Crippen molar-refractivity contribution in [1.82, 2.24) is 19.8 Å². The molecule has 7 nitrogen and oxygen atoms in total. The van der Waals surface area contributed by atoms with Crippen LogP contribution in [0.4, 0.5) is 4.39 Å². The summed E-state index contributed by atoms with van der Waals surface area (Å²) in [7, 11) is 1.61. The highest BCUT2D eigenvalue weighted by Gasteiger charge is 2.39. The van der Waals surface area contributed by atoms with Crippen LogP contribution < -0.4 is 10.1 Å². The minimum Gasteiger partial charge on any atom is -0.495 e. The molecule has 0 spiro atoms. The first-order chi connectivity index (χ1) is 15.5. The Bertz CT molecular complexity index is 1250. The maximum absolute atomic E-state index is 13.4. The van der Waals surface area contributed by atoms with Gasteiger partial charge in [-0.15, -0.1) is 0 Å². The molecular formula is C24H22FN5O2. The molecule has 2 aromatic carbocycles. The molecule has 0 radical (unpaired) electrons. The van der Waals surface area contributed by atoms with Gasteiger partial charge in [-0.1, -0.05) is 18.2 Å². The van der Waals surface area contributed by atoms with Crippen molar-refractivity contribution in [3.05, 3.63) is 83.3 Å². The van der Waals surface area contributed by atoms with E-state index < -0.39 is 0 Å². The lowest BCUT2D eigenvalue weighted by Gasteiger charge is -2.33. The van der Waals surface area contributed by atoms with Crippen LogP contribution >= 0.6 is 0 Å². The lowest BCUT2D eigenvalue weighted by molar-refractivity contribution is -0.124. The van der Waals surface area contributed by atoms with Gasteiger partial charge in [0.15, 0.2) is 0 Å². The molecule has 2 aliphatic heterocycles. The van der Waals surface area contributed by atoms with Crippen molar-refractivity contribution in [2.24, 2.45) is 4.99 Å². The number of rotatable bonds is 4. The molecule has 0 saturated carbocycles. The Morgan fingerprint density at radius 3 is 2.75 bits per heavy atom. The zero-order chi connectivity index (χ0) is 22.2. The van der Waals surface area contributed by atoms with Crippen molar-refractivity contribution in [2.75, 3.05) is 13.7 Å². The maximum atomic E-state index is 13.4. The number of nitrogens with one attached hydrogen (secondary N) is 1. The molecule has 162 valence electrons.